The Balaban J connectivity index is 1.37. The lowest BCUT2D eigenvalue weighted by molar-refractivity contribution is -0.384. The Kier molecular flexibility index (Phi) is 5.51. The van der Waals surface area contributed by atoms with Crippen molar-refractivity contribution in [3.63, 3.8) is 0 Å². The molecule has 2 aliphatic rings. The summed E-state index contributed by atoms with van der Waals surface area (Å²) in [5.74, 6) is 0.297. The molecular formula is C20H27N5O4. The Morgan fingerprint density at radius 1 is 1.24 bits per heavy atom. The number of benzene rings is 1. The number of piperidine rings is 1. The number of fused-ring (bicyclic) bond motifs is 1. The zero-order valence-corrected chi connectivity index (χ0v) is 16.9. The van der Waals surface area contributed by atoms with Gasteiger partial charge in [-0.15, -0.1) is 0 Å². The van der Waals surface area contributed by atoms with E-state index >= 15 is 0 Å². The summed E-state index contributed by atoms with van der Waals surface area (Å²) in [6.45, 7) is 7.54. The summed E-state index contributed by atoms with van der Waals surface area (Å²) >= 11 is 0. The van der Waals surface area contributed by atoms with Gasteiger partial charge in [-0.2, -0.15) is 5.10 Å². The minimum absolute atomic E-state index is 0.0548. The lowest BCUT2D eigenvalue weighted by Crippen LogP contribution is -2.51. The summed E-state index contributed by atoms with van der Waals surface area (Å²) in [4.78, 5) is 27.8. The fraction of sp³-hybridized carbons (Fsp3) is 0.600. The van der Waals surface area contributed by atoms with Crippen LogP contribution >= 0.6 is 0 Å². The van der Waals surface area contributed by atoms with Crippen molar-refractivity contribution < 1.29 is 14.5 Å². The summed E-state index contributed by atoms with van der Waals surface area (Å²) in [5, 5.41) is 16.3. The summed E-state index contributed by atoms with van der Waals surface area (Å²) in [6, 6.07) is 4.80. The van der Waals surface area contributed by atoms with Crippen molar-refractivity contribution in [2.75, 3.05) is 26.2 Å². The Bertz CT molecular complexity index is 895. The van der Waals surface area contributed by atoms with Crippen molar-refractivity contribution >= 4 is 22.5 Å². The smallest absolute Gasteiger partial charge is 0.271 e. The molecule has 4 rings (SSSR count). The number of ether oxygens (including phenoxy) is 1. The Labute approximate surface area is 169 Å². The van der Waals surface area contributed by atoms with Crippen LogP contribution in [0, 0.1) is 16.0 Å². The molecular weight excluding hydrogens is 374 g/mol. The molecule has 2 unspecified atom stereocenters. The van der Waals surface area contributed by atoms with E-state index in [-0.39, 0.29) is 34.6 Å². The second-order valence-electron chi connectivity index (χ2n) is 8.18. The first-order valence-corrected chi connectivity index (χ1v) is 10.2. The molecule has 9 nitrogen and oxygen atoms in total. The molecule has 2 aliphatic heterocycles. The van der Waals surface area contributed by atoms with Crippen LogP contribution in [0.4, 0.5) is 5.69 Å². The summed E-state index contributed by atoms with van der Waals surface area (Å²) in [6.07, 6.45) is 3.53. The highest BCUT2D eigenvalue weighted by Crippen LogP contribution is 2.24. The monoisotopic (exact) mass is 401 g/mol. The van der Waals surface area contributed by atoms with Gasteiger partial charge in [-0.25, -0.2) is 0 Å². The number of morpholine rings is 1. The predicted octanol–water partition coefficient (Wildman–Crippen LogP) is 2.25. The van der Waals surface area contributed by atoms with Gasteiger partial charge in [0.1, 0.15) is 0 Å². The minimum Gasteiger partial charge on any atom is -0.372 e. The number of aromatic nitrogens is 2. The number of amides is 1. The van der Waals surface area contributed by atoms with E-state index in [9.17, 15) is 14.9 Å². The Morgan fingerprint density at radius 3 is 2.59 bits per heavy atom. The number of carbonyl (C=O) groups is 1. The first-order valence-electron chi connectivity index (χ1n) is 10.2. The molecule has 9 heteroatoms. The third kappa shape index (κ3) is 4.25. The fourth-order valence-corrected chi connectivity index (χ4v) is 4.41. The summed E-state index contributed by atoms with van der Waals surface area (Å²) in [7, 11) is 0. The van der Waals surface area contributed by atoms with Gasteiger partial charge in [-0.3, -0.25) is 24.5 Å². The third-order valence-electron chi connectivity index (χ3n) is 5.84. The SMILES string of the molecule is CC1CN(C(=O)C2CCN(Cn3ncc4ccc([N+](=O)[O-])cc43)CC2)CC(C)O1. The highest BCUT2D eigenvalue weighted by atomic mass is 16.6. The normalized spacial score (nSPS) is 24.1. The van der Waals surface area contributed by atoms with Crippen LogP contribution in [0.25, 0.3) is 10.9 Å². The van der Waals surface area contributed by atoms with Gasteiger partial charge in [0.2, 0.25) is 5.91 Å². The third-order valence-corrected chi connectivity index (χ3v) is 5.84. The van der Waals surface area contributed by atoms with E-state index in [2.05, 4.69) is 10.00 Å². The number of rotatable bonds is 4. The number of hydrogen-bond donors (Lipinski definition) is 0. The molecule has 156 valence electrons. The zero-order chi connectivity index (χ0) is 20.5. The minimum atomic E-state index is -0.388. The lowest BCUT2D eigenvalue weighted by atomic mass is 9.95. The van der Waals surface area contributed by atoms with Crippen molar-refractivity contribution in [1.29, 1.82) is 0 Å². The van der Waals surface area contributed by atoms with Crippen LogP contribution in [0.15, 0.2) is 24.4 Å². The molecule has 2 fully saturated rings. The lowest BCUT2D eigenvalue weighted by Gasteiger charge is -2.39. The number of nitro benzene ring substituents is 1. The molecule has 29 heavy (non-hydrogen) atoms. The van der Waals surface area contributed by atoms with Gasteiger partial charge < -0.3 is 9.64 Å². The summed E-state index contributed by atoms with van der Waals surface area (Å²) < 4.78 is 7.54. The average molecular weight is 401 g/mol. The molecule has 0 N–H and O–H groups in total. The largest absolute Gasteiger partial charge is 0.372 e. The van der Waals surface area contributed by atoms with Gasteiger partial charge in [-0.1, -0.05) is 0 Å². The first kappa shape index (κ1) is 19.8. The van der Waals surface area contributed by atoms with Crippen LogP contribution in [0.2, 0.25) is 0 Å². The molecule has 1 aromatic heterocycles. The fourth-order valence-electron chi connectivity index (χ4n) is 4.41. The molecule has 3 heterocycles. The number of carbonyl (C=O) groups excluding carboxylic acids is 1. The highest BCUT2D eigenvalue weighted by Gasteiger charge is 2.32. The number of non-ortho nitro benzene ring substituents is 1. The zero-order valence-electron chi connectivity index (χ0n) is 16.9. The van der Waals surface area contributed by atoms with Gasteiger partial charge in [0.05, 0.1) is 35.5 Å². The van der Waals surface area contributed by atoms with Crippen molar-refractivity contribution in [3.8, 4) is 0 Å². The van der Waals surface area contributed by atoms with E-state index in [0.717, 1.165) is 36.8 Å². The van der Waals surface area contributed by atoms with E-state index in [0.29, 0.717) is 19.8 Å². The van der Waals surface area contributed by atoms with Gasteiger partial charge in [0.25, 0.3) is 5.69 Å². The van der Waals surface area contributed by atoms with E-state index < -0.39 is 0 Å². The van der Waals surface area contributed by atoms with Crippen LogP contribution in [0.3, 0.4) is 0 Å². The number of nitrogens with zero attached hydrogens (tertiary/aromatic N) is 5. The quantitative estimate of drug-likeness (QED) is 0.576. The molecule has 0 spiro atoms. The van der Waals surface area contributed by atoms with Crippen molar-refractivity contribution in [2.45, 2.75) is 45.6 Å². The van der Waals surface area contributed by atoms with Gasteiger partial charge in [0.15, 0.2) is 0 Å². The van der Waals surface area contributed by atoms with E-state index in [4.69, 9.17) is 4.74 Å². The number of hydrogen-bond acceptors (Lipinski definition) is 6. The maximum atomic E-state index is 12.9. The molecule has 1 amide bonds. The van der Waals surface area contributed by atoms with E-state index in [1.165, 1.54) is 6.07 Å². The maximum absolute atomic E-state index is 12.9. The first-order chi connectivity index (χ1) is 13.9. The Morgan fingerprint density at radius 2 is 1.93 bits per heavy atom. The van der Waals surface area contributed by atoms with Crippen molar-refractivity contribution in [1.82, 2.24) is 19.6 Å². The van der Waals surface area contributed by atoms with Crippen LogP contribution in [0.5, 0.6) is 0 Å². The van der Waals surface area contributed by atoms with Crippen LogP contribution in [0.1, 0.15) is 26.7 Å². The molecule has 0 radical (unpaired) electrons. The molecule has 0 aliphatic carbocycles. The highest BCUT2D eigenvalue weighted by molar-refractivity contribution is 5.81. The molecule has 1 aromatic carbocycles. The Hall–Kier alpha value is -2.52. The standard InChI is InChI=1S/C20H27N5O4/c1-14-11-23(12-15(2)29-14)20(26)16-5-7-22(8-6-16)13-24-19-9-18(25(27)28)4-3-17(19)10-21-24/h3-4,9-10,14-16H,5-8,11-13H2,1-2H3. The van der Waals surface area contributed by atoms with Gasteiger partial charge >= 0.3 is 0 Å². The van der Waals surface area contributed by atoms with E-state index in [1.54, 1.807) is 23.0 Å². The van der Waals surface area contributed by atoms with Crippen LogP contribution in [-0.4, -0.2) is 68.8 Å². The topological polar surface area (TPSA) is 93.7 Å². The van der Waals surface area contributed by atoms with Crippen LogP contribution in [-0.2, 0) is 16.2 Å². The average Bonchev–Trinajstić information content (AvgIpc) is 3.09. The maximum Gasteiger partial charge on any atom is 0.271 e. The van der Waals surface area contributed by atoms with Crippen molar-refractivity contribution in [3.05, 3.63) is 34.5 Å². The van der Waals surface area contributed by atoms with E-state index in [1.807, 2.05) is 18.7 Å². The molecule has 2 saturated heterocycles. The van der Waals surface area contributed by atoms with Gasteiger partial charge in [0, 0.05) is 49.6 Å². The molecule has 2 atom stereocenters. The molecule has 2 aromatic rings. The van der Waals surface area contributed by atoms with Crippen LogP contribution < -0.4 is 0 Å². The predicted molar refractivity (Wildman–Crippen MR) is 107 cm³/mol. The molecule has 0 saturated carbocycles. The van der Waals surface area contributed by atoms with Crippen molar-refractivity contribution in [2.24, 2.45) is 5.92 Å². The summed E-state index contributed by atoms with van der Waals surface area (Å²) in [5.41, 5.74) is 0.825. The van der Waals surface area contributed by atoms with Gasteiger partial charge in [-0.05, 0) is 32.8 Å². The number of nitro groups is 1. The second kappa shape index (κ2) is 8.08. The number of likely N-dealkylation sites (tertiary alicyclic amines) is 1. The second-order valence-corrected chi connectivity index (χ2v) is 8.18. The molecule has 0 bridgehead atoms.